The van der Waals surface area contributed by atoms with E-state index >= 15 is 0 Å². The summed E-state index contributed by atoms with van der Waals surface area (Å²) in [6.45, 7) is 7.31. The smallest absolute Gasteiger partial charge is 0.272 e. The minimum Gasteiger partial charge on any atom is -0.384 e. The predicted octanol–water partition coefficient (Wildman–Crippen LogP) is 2.17. The number of piperidine rings is 1. The molecule has 18 heavy (non-hydrogen) atoms. The summed E-state index contributed by atoms with van der Waals surface area (Å²) in [5.74, 6) is 1.46. The zero-order chi connectivity index (χ0) is 13.3. The number of carbonyl (C=O) groups excluding carboxylic acids is 1. The number of nitrogens with two attached hydrogens (primary N) is 1. The van der Waals surface area contributed by atoms with Crippen LogP contribution in [0.4, 0.5) is 5.82 Å². The number of pyridine rings is 1. The number of likely N-dealkylation sites (tertiary alicyclic amines) is 1. The monoisotopic (exact) mass is 247 g/mol. The van der Waals surface area contributed by atoms with Gasteiger partial charge in [0.15, 0.2) is 0 Å². The van der Waals surface area contributed by atoms with E-state index in [-0.39, 0.29) is 11.9 Å². The molecular weight excluding hydrogens is 226 g/mol. The van der Waals surface area contributed by atoms with E-state index in [1.54, 1.807) is 18.2 Å². The Balaban J connectivity index is 2.22. The second-order valence-corrected chi connectivity index (χ2v) is 5.46. The molecule has 1 saturated heterocycles. The summed E-state index contributed by atoms with van der Waals surface area (Å²) < 4.78 is 0. The molecule has 2 heterocycles. The summed E-state index contributed by atoms with van der Waals surface area (Å²) in [6, 6.07) is 5.46. The Morgan fingerprint density at radius 2 is 2.11 bits per heavy atom. The molecule has 0 saturated carbocycles. The van der Waals surface area contributed by atoms with E-state index in [1.807, 2.05) is 4.90 Å². The standard InChI is InChI=1S/C14H21N3O/c1-9-7-10(2)11(3)17(8-9)14(18)12-5-4-6-13(15)16-12/h4-6,9-11H,7-8H2,1-3H3,(H2,15,16). The van der Waals surface area contributed by atoms with Crippen LogP contribution in [0.1, 0.15) is 37.7 Å². The number of hydrogen-bond acceptors (Lipinski definition) is 3. The van der Waals surface area contributed by atoms with Crippen molar-refractivity contribution in [2.75, 3.05) is 12.3 Å². The molecule has 0 aliphatic carbocycles. The molecule has 2 N–H and O–H groups in total. The number of aromatic nitrogens is 1. The van der Waals surface area contributed by atoms with Crippen molar-refractivity contribution in [3.8, 4) is 0 Å². The maximum absolute atomic E-state index is 12.5. The van der Waals surface area contributed by atoms with E-state index in [2.05, 4.69) is 25.8 Å². The van der Waals surface area contributed by atoms with Gasteiger partial charge in [-0.3, -0.25) is 4.79 Å². The Bertz CT molecular complexity index is 446. The Hall–Kier alpha value is -1.58. The number of hydrogen-bond donors (Lipinski definition) is 1. The van der Waals surface area contributed by atoms with Crippen molar-refractivity contribution in [3.05, 3.63) is 23.9 Å². The van der Waals surface area contributed by atoms with Crippen LogP contribution in [0, 0.1) is 11.8 Å². The largest absolute Gasteiger partial charge is 0.384 e. The molecule has 3 atom stereocenters. The highest BCUT2D eigenvalue weighted by Crippen LogP contribution is 2.27. The predicted molar refractivity (Wildman–Crippen MR) is 72.1 cm³/mol. The van der Waals surface area contributed by atoms with Crippen molar-refractivity contribution in [2.24, 2.45) is 11.8 Å². The molecule has 0 bridgehead atoms. The maximum Gasteiger partial charge on any atom is 0.272 e. The lowest BCUT2D eigenvalue weighted by atomic mass is 9.86. The Morgan fingerprint density at radius 1 is 1.39 bits per heavy atom. The minimum atomic E-state index is -0.00630. The first-order valence-corrected chi connectivity index (χ1v) is 6.52. The summed E-state index contributed by atoms with van der Waals surface area (Å²) in [7, 11) is 0. The van der Waals surface area contributed by atoms with Crippen LogP contribution in [0.15, 0.2) is 18.2 Å². The fourth-order valence-electron chi connectivity index (χ4n) is 2.70. The van der Waals surface area contributed by atoms with Crippen LogP contribution < -0.4 is 5.73 Å². The van der Waals surface area contributed by atoms with E-state index in [4.69, 9.17) is 5.73 Å². The molecule has 0 aromatic carbocycles. The lowest BCUT2D eigenvalue weighted by Crippen LogP contribution is -2.49. The number of carbonyl (C=O) groups is 1. The summed E-state index contributed by atoms with van der Waals surface area (Å²) in [5.41, 5.74) is 6.08. The van der Waals surface area contributed by atoms with Gasteiger partial charge < -0.3 is 10.6 Å². The Kier molecular flexibility index (Phi) is 3.55. The average molecular weight is 247 g/mol. The fourth-order valence-corrected chi connectivity index (χ4v) is 2.70. The van der Waals surface area contributed by atoms with E-state index < -0.39 is 0 Å². The molecule has 3 unspecified atom stereocenters. The van der Waals surface area contributed by atoms with E-state index in [0.29, 0.717) is 23.3 Å². The molecule has 0 radical (unpaired) electrons. The highest BCUT2D eigenvalue weighted by molar-refractivity contribution is 5.93. The number of anilines is 1. The highest BCUT2D eigenvalue weighted by atomic mass is 16.2. The normalized spacial score (nSPS) is 28.2. The molecule has 1 fully saturated rings. The number of amides is 1. The molecule has 0 spiro atoms. The third kappa shape index (κ3) is 2.47. The third-order valence-corrected chi connectivity index (χ3v) is 3.85. The van der Waals surface area contributed by atoms with Gasteiger partial charge in [-0.05, 0) is 37.3 Å². The van der Waals surface area contributed by atoms with Crippen LogP contribution >= 0.6 is 0 Å². The molecular formula is C14H21N3O. The number of nitrogen functional groups attached to an aromatic ring is 1. The van der Waals surface area contributed by atoms with Gasteiger partial charge >= 0.3 is 0 Å². The highest BCUT2D eigenvalue weighted by Gasteiger charge is 2.32. The van der Waals surface area contributed by atoms with Crippen LogP contribution in [0.2, 0.25) is 0 Å². The quantitative estimate of drug-likeness (QED) is 0.827. The van der Waals surface area contributed by atoms with Crippen molar-refractivity contribution in [1.29, 1.82) is 0 Å². The topological polar surface area (TPSA) is 59.2 Å². The first-order valence-electron chi connectivity index (χ1n) is 6.52. The van der Waals surface area contributed by atoms with Crippen molar-refractivity contribution in [1.82, 2.24) is 9.88 Å². The number of nitrogens with zero attached hydrogens (tertiary/aromatic N) is 2. The van der Waals surface area contributed by atoms with Crippen LogP contribution in [0.3, 0.4) is 0 Å². The van der Waals surface area contributed by atoms with Gasteiger partial charge in [-0.25, -0.2) is 4.98 Å². The van der Waals surface area contributed by atoms with Crippen molar-refractivity contribution in [2.45, 2.75) is 33.2 Å². The molecule has 98 valence electrons. The Labute approximate surface area is 108 Å². The number of rotatable bonds is 1. The second-order valence-electron chi connectivity index (χ2n) is 5.46. The van der Waals surface area contributed by atoms with Gasteiger partial charge in [0.1, 0.15) is 11.5 Å². The zero-order valence-electron chi connectivity index (χ0n) is 11.3. The fraction of sp³-hybridized carbons (Fsp3) is 0.571. The van der Waals surface area contributed by atoms with Crippen LogP contribution in [-0.4, -0.2) is 28.4 Å². The van der Waals surface area contributed by atoms with Gasteiger partial charge in [0.2, 0.25) is 0 Å². The van der Waals surface area contributed by atoms with Gasteiger partial charge in [0.05, 0.1) is 0 Å². The molecule has 2 rings (SSSR count). The van der Waals surface area contributed by atoms with E-state index in [0.717, 1.165) is 6.54 Å². The third-order valence-electron chi connectivity index (χ3n) is 3.85. The van der Waals surface area contributed by atoms with E-state index in [9.17, 15) is 4.79 Å². The molecule has 1 amide bonds. The lowest BCUT2D eigenvalue weighted by molar-refractivity contribution is 0.0450. The van der Waals surface area contributed by atoms with Crippen molar-refractivity contribution in [3.63, 3.8) is 0 Å². The summed E-state index contributed by atoms with van der Waals surface area (Å²) >= 11 is 0. The van der Waals surface area contributed by atoms with Crippen molar-refractivity contribution < 1.29 is 4.79 Å². The van der Waals surface area contributed by atoms with Crippen LogP contribution in [0.25, 0.3) is 0 Å². The summed E-state index contributed by atoms with van der Waals surface area (Å²) in [4.78, 5) is 18.5. The van der Waals surface area contributed by atoms with Gasteiger partial charge in [-0.1, -0.05) is 19.9 Å². The maximum atomic E-state index is 12.5. The second kappa shape index (κ2) is 4.96. The molecule has 1 aliphatic rings. The zero-order valence-corrected chi connectivity index (χ0v) is 11.3. The summed E-state index contributed by atoms with van der Waals surface area (Å²) in [6.07, 6.45) is 1.18. The first-order chi connectivity index (χ1) is 8.49. The van der Waals surface area contributed by atoms with Crippen LogP contribution in [0.5, 0.6) is 0 Å². The van der Waals surface area contributed by atoms with E-state index in [1.165, 1.54) is 6.42 Å². The van der Waals surface area contributed by atoms with Crippen LogP contribution in [-0.2, 0) is 0 Å². The van der Waals surface area contributed by atoms with Gasteiger partial charge in [-0.2, -0.15) is 0 Å². The molecule has 1 aromatic heterocycles. The molecule has 4 nitrogen and oxygen atoms in total. The lowest BCUT2D eigenvalue weighted by Gasteiger charge is -2.40. The minimum absolute atomic E-state index is 0.00630. The first kappa shape index (κ1) is 12.9. The molecule has 1 aromatic rings. The van der Waals surface area contributed by atoms with Gasteiger partial charge in [0.25, 0.3) is 5.91 Å². The molecule has 1 aliphatic heterocycles. The van der Waals surface area contributed by atoms with Gasteiger partial charge in [0, 0.05) is 12.6 Å². The average Bonchev–Trinajstić information content (AvgIpc) is 2.33. The summed E-state index contributed by atoms with van der Waals surface area (Å²) in [5, 5.41) is 0. The Morgan fingerprint density at radius 3 is 2.78 bits per heavy atom. The SMILES string of the molecule is CC1CC(C)C(C)N(C(=O)c2cccc(N)n2)C1. The molecule has 4 heteroatoms. The van der Waals surface area contributed by atoms with Crippen molar-refractivity contribution >= 4 is 11.7 Å². The van der Waals surface area contributed by atoms with Gasteiger partial charge in [-0.15, -0.1) is 0 Å².